The minimum atomic E-state index is -0.735. The van der Waals surface area contributed by atoms with Crippen LogP contribution in [-0.4, -0.2) is 41.7 Å². The molecule has 0 saturated heterocycles. The fourth-order valence-electron chi connectivity index (χ4n) is 7.60. The highest BCUT2D eigenvalue weighted by molar-refractivity contribution is 9.11. The molecule has 2 aliphatic rings. The Morgan fingerprint density at radius 1 is 0.397 bits per heavy atom. The van der Waals surface area contributed by atoms with Crippen molar-refractivity contribution < 1.29 is 23.9 Å². The molecule has 7 nitrogen and oxygen atoms in total. The maximum Gasteiger partial charge on any atom is 0.348 e. The maximum absolute atomic E-state index is 12.8. The first-order valence-electron chi connectivity index (χ1n) is 23.3. The van der Waals surface area contributed by atoms with Crippen LogP contribution in [0, 0.1) is 0 Å². The number of carbonyl (C=O) groups excluding carboxylic acids is 4. The second-order valence-electron chi connectivity index (χ2n) is 16.4. The van der Waals surface area contributed by atoms with Crippen molar-refractivity contribution in [2.24, 2.45) is 5.73 Å². The van der Waals surface area contributed by atoms with E-state index in [1.807, 2.05) is 0 Å². The molecule has 0 bridgehead atoms. The number of nitrogens with zero attached hydrogens (tertiary/aromatic N) is 1. The van der Waals surface area contributed by atoms with Crippen molar-refractivity contribution in [3.05, 3.63) is 60.2 Å². The number of unbranched alkanes of at least 4 members (excludes halogenated alkanes) is 26. The fourth-order valence-corrected chi connectivity index (χ4v) is 11.1. The van der Waals surface area contributed by atoms with E-state index < -0.39 is 11.9 Å². The normalized spacial score (nSPS) is 12.9. The Morgan fingerprint density at radius 3 is 0.905 bits per heavy atom. The summed E-state index contributed by atoms with van der Waals surface area (Å²) in [7, 11) is 0. The zero-order chi connectivity index (χ0) is 46.7. The lowest BCUT2D eigenvalue weighted by atomic mass is 10.0. The van der Waals surface area contributed by atoms with Crippen molar-refractivity contribution in [2.75, 3.05) is 13.1 Å². The van der Waals surface area contributed by atoms with Crippen LogP contribution in [0.25, 0.3) is 0 Å². The molecule has 0 fully saturated rings. The number of rotatable bonds is 29. The monoisotopic (exact) mass is 1210 g/mol. The van der Waals surface area contributed by atoms with Crippen molar-refractivity contribution in [1.29, 1.82) is 0 Å². The number of fused-ring (bicyclic) bond motifs is 2. The highest BCUT2D eigenvalue weighted by atomic mass is 79.9. The van der Waals surface area contributed by atoms with E-state index in [0.717, 1.165) is 25.8 Å². The highest BCUT2D eigenvalue weighted by Crippen LogP contribution is 2.46. The first-order chi connectivity index (χ1) is 30.3. The van der Waals surface area contributed by atoms with E-state index in [-0.39, 0.29) is 52.0 Å². The van der Waals surface area contributed by atoms with Crippen molar-refractivity contribution in [3.63, 3.8) is 0 Å². The van der Waals surface area contributed by atoms with E-state index >= 15 is 0 Å². The molecule has 0 radical (unpaired) electrons. The SMILES string of the molecule is CCCCCCCCCCCCCCCCN.CCCCCCCCCCCCCCCCN1C(=O)c2c(Br)c(Cl)c(Cl)c(Br)c2C1=O.O=C1OC(=O)c2c(Br)c(Cl)c(Cl)c(Br)c21. The summed E-state index contributed by atoms with van der Waals surface area (Å²) in [6, 6.07) is 0. The van der Waals surface area contributed by atoms with Gasteiger partial charge in [-0.1, -0.05) is 227 Å². The summed E-state index contributed by atoms with van der Waals surface area (Å²) >= 11 is 36.9. The zero-order valence-corrected chi connectivity index (χ0v) is 46.7. The molecule has 2 aromatic rings. The molecule has 0 spiro atoms. The molecular weight excluding hydrogens is 1150 g/mol. The topological polar surface area (TPSA) is 107 Å². The average Bonchev–Trinajstić information content (AvgIpc) is 3.71. The summed E-state index contributed by atoms with van der Waals surface area (Å²) in [5.74, 6) is -2.08. The number of ether oxygens (including phenoxy) is 1. The smallest absolute Gasteiger partial charge is 0.348 e. The van der Waals surface area contributed by atoms with Gasteiger partial charge in [0, 0.05) is 6.54 Å². The van der Waals surface area contributed by atoms with Crippen LogP contribution < -0.4 is 5.73 Å². The van der Waals surface area contributed by atoms with Gasteiger partial charge in [0.05, 0.1) is 60.2 Å². The van der Waals surface area contributed by atoms with Crippen molar-refractivity contribution in [3.8, 4) is 0 Å². The molecule has 2 N–H and O–H groups in total. The summed E-state index contributed by atoms with van der Waals surface area (Å²) in [5.41, 5.74) is 6.27. The van der Waals surface area contributed by atoms with Crippen LogP contribution in [0.1, 0.15) is 235 Å². The van der Waals surface area contributed by atoms with Crippen molar-refractivity contribution >= 4 is 134 Å². The molecule has 0 atom stereocenters. The van der Waals surface area contributed by atoms with Gasteiger partial charge in [-0.05, 0) is 83.1 Å². The minimum Gasteiger partial charge on any atom is -0.386 e. The number of imide groups is 1. The second-order valence-corrected chi connectivity index (χ2v) is 21.1. The van der Waals surface area contributed by atoms with Gasteiger partial charge < -0.3 is 10.5 Å². The molecule has 15 heteroatoms. The molecule has 0 saturated carbocycles. The highest BCUT2D eigenvalue weighted by Gasteiger charge is 2.41. The van der Waals surface area contributed by atoms with Crippen LogP contribution in [-0.2, 0) is 4.74 Å². The molecule has 2 amide bonds. The number of benzene rings is 2. The van der Waals surface area contributed by atoms with Gasteiger partial charge in [0.15, 0.2) is 0 Å². The Labute approximate surface area is 431 Å². The Morgan fingerprint density at radius 2 is 0.635 bits per heavy atom. The minimum absolute atomic E-state index is 0.0984. The van der Waals surface area contributed by atoms with E-state index in [9.17, 15) is 19.2 Å². The van der Waals surface area contributed by atoms with Gasteiger partial charge in [0.2, 0.25) is 0 Å². The Balaban J connectivity index is 0.000000359. The fraction of sp³-hybridized carbons (Fsp3) is 0.667. The van der Waals surface area contributed by atoms with Gasteiger partial charge in [-0.2, -0.15) is 0 Å². The Hall–Kier alpha value is -0.240. The van der Waals surface area contributed by atoms with E-state index in [0.29, 0.717) is 26.6 Å². The molecule has 63 heavy (non-hydrogen) atoms. The number of nitrogens with two attached hydrogens (primary N) is 1. The standard InChI is InChI=1S/C24H33Br2Cl2NO2.C16H35N.C8Br2Cl2O3/c1-2-3-4-5-6-7-8-9-10-11-12-13-14-15-16-29-23(30)17-18(24(29)31)20(26)22(28)21(27)19(17)25;1-2-3-4-5-6-7-8-9-10-11-12-13-14-15-16-17;9-3-1-2(8(14)15-7(1)13)4(10)6(12)5(3)11/h2-16H2,1H3;2-17H2,1H3;. The van der Waals surface area contributed by atoms with Crippen LogP contribution in [0.3, 0.4) is 0 Å². The summed E-state index contributed by atoms with van der Waals surface area (Å²) in [6.45, 7) is 5.85. The van der Waals surface area contributed by atoms with Gasteiger partial charge in [0.1, 0.15) is 0 Å². The van der Waals surface area contributed by atoms with E-state index in [4.69, 9.17) is 52.1 Å². The van der Waals surface area contributed by atoms with Crippen LogP contribution in [0.2, 0.25) is 20.1 Å². The van der Waals surface area contributed by atoms with E-state index in [1.54, 1.807) is 0 Å². The number of cyclic esters (lactones) is 2. The third-order valence-corrected chi connectivity index (χ3v) is 17.1. The molecule has 0 unspecified atom stereocenters. The third-order valence-electron chi connectivity index (χ3n) is 11.3. The van der Waals surface area contributed by atoms with Gasteiger partial charge in [0.25, 0.3) is 11.8 Å². The molecule has 2 heterocycles. The second kappa shape index (κ2) is 34.1. The number of halogens is 8. The largest absolute Gasteiger partial charge is 0.386 e. The molecule has 4 rings (SSSR count). The summed E-state index contributed by atoms with van der Waals surface area (Å²) < 4.78 is 5.76. The third kappa shape index (κ3) is 19.7. The quantitative estimate of drug-likeness (QED) is 0.0217. The summed E-state index contributed by atoms with van der Waals surface area (Å²) in [4.78, 5) is 49.5. The van der Waals surface area contributed by atoms with E-state index in [1.165, 1.54) is 165 Å². The first-order valence-corrected chi connectivity index (χ1v) is 28.0. The predicted molar refractivity (Wildman–Crippen MR) is 279 cm³/mol. The number of esters is 2. The van der Waals surface area contributed by atoms with E-state index in [2.05, 4.69) is 82.3 Å². The number of hydrogen-bond donors (Lipinski definition) is 1. The van der Waals surface area contributed by atoms with Gasteiger partial charge >= 0.3 is 11.9 Å². The lowest BCUT2D eigenvalue weighted by molar-refractivity contribution is 0.0441. The lowest BCUT2D eigenvalue weighted by Crippen LogP contribution is -2.30. The summed E-state index contributed by atoms with van der Waals surface area (Å²) in [5, 5.41) is 0.807. The average molecular weight is 1210 g/mol. The predicted octanol–water partition coefficient (Wildman–Crippen LogP) is 18.9. The van der Waals surface area contributed by atoms with Gasteiger partial charge in [-0.3, -0.25) is 14.5 Å². The van der Waals surface area contributed by atoms with Gasteiger partial charge in [-0.15, -0.1) is 0 Å². The first kappa shape index (κ1) is 58.9. The maximum atomic E-state index is 12.8. The molecule has 2 aromatic carbocycles. The molecule has 356 valence electrons. The lowest BCUT2D eigenvalue weighted by Gasteiger charge is -2.13. The number of hydrogen-bond acceptors (Lipinski definition) is 6. The number of carbonyl (C=O) groups is 4. The van der Waals surface area contributed by atoms with Crippen LogP contribution in [0.15, 0.2) is 17.9 Å². The molecular formula is C48H68Br4Cl4N2O5. The Kier molecular flexibility index (Phi) is 31.9. The van der Waals surface area contributed by atoms with Crippen molar-refractivity contribution in [2.45, 2.75) is 194 Å². The van der Waals surface area contributed by atoms with Crippen LogP contribution >= 0.6 is 110 Å². The Bertz CT molecular complexity index is 1660. The summed E-state index contributed by atoms with van der Waals surface area (Å²) in [6.07, 6.45) is 37.7. The molecule has 2 aliphatic heterocycles. The molecule has 0 aliphatic carbocycles. The molecule has 0 aromatic heterocycles. The van der Waals surface area contributed by atoms with Crippen LogP contribution in [0.4, 0.5) is 0 Å². The number of amides is 2. The van der Waals surface area contributed by atoms with Crippen LogP contribution in [0.5, 0.6) is 0 Å². The zero-order valence-electron chi connectivity index (χ0n) is 37.3. The van der Waals surface area contributed by atoms with Crippen molar-refractivity contribution in [1.82, 2.24) is 4.90 Å². The van der Waals surface area contributed by atoms with Gasteiger partial charge in [-0.25, -0.2) is 9.59 Å².